The zero-order valence-electron chi connectivity index (χ0n) is 8.67. The molecule has 0 aliphatic heterocycles. The Kier molecular flexibility index (Phi) is 7.51. The molecule has 0 heterocycles. The van der Waals surface area contributed by atoms with E-state index in [4.69, 9.17) is 9.47 Å². The molecule has 0 N–H and O–H groups in total. The van der Waals surface area contributed by atoms with Gasteiger partial charge in [-0.2, -0.15) is 0 Å². The molecule has 0 saturated carbocycles. The molecule has 1 unspecified atom stereocenters. The second kappa shape index (κ2) is 7.56. The Labute approximate surface area is 76.3 Å². The van der Waals surface area contributed by atoms with Crippen molar-refractivity contribution in [2.24, 2.45) is 5.92 Å². The van der Waals surface area contributed by atoms with Gasteiger partial charge in [-0.3, -0.25) is 0 Å². The van der Waals surface area contributed by atoms with Crippen molar-refractivity contribution in [1.29, 1.82) is 0 Å². The van der Waals surface area contributed by atoms with Gasteiger partial charge in [0.2, 0.25) is 0 Å². The SMILES string of the molecule is COCC([CH]CCC(C)C)OC. The van der Waals surface area contributed by atoms with Gasteiger partial charge in [-0.15, -0.1) is 0 Å². The molecular weight excluding hydrogens is 152 g/mol. The van der Waals surface area contributed by atoms with Crippen molar-refractivity contribution in [1.82, 2.24) is 0 Å². The van der Waals surface area contributed by atoms with Gasteiger partial charge in [-0.05, 0) is 18.8 Å². The van der Waals surface area contributed by atoms with Crippen molar-refractivity contribution in [2.75, 3.05) is 20.8 Å². The Morgan fingerprint density at radius 2 is 1.92 bits per heavy atom. The summed E-state index contributed by atoms with van der Waals surface area (Å²) in [6, 6.07) is 0. The van der Waals surface area contributed by atoms with E-state index >= 15 is 0 Å². The number of rotatable bonds is 7. The third-order valence-corrected chi connectivity index (χ3v) is 1.81. The van der Waals surface area contributed by atoms with Crippen LogP contribution in [0.1, 0.15) is 26.7 Å². The van der Waals surface area contributed by atoms with Crippen LogP contribution >= 0.6 is 0 Å². The molecule has 2 heteroatoms. The molecule has 0 bridgehead atoms. The molecule has 0 aliphatic carbocycles. The molecule has 0 saturated heterocycles. The highest BCUT2D eigenvalue weighted by molar-refractivity contribution is 4.76. The number of methoxy groups -OCH3 is 2. The van der Waals surface area contributed by atoms with Crippen LogP contribution in [0.15, 0.2) is 0 Å². The van der Waals surface area contributed by atoms with Crippen molar-refractivity contribution >= 4 is 0 Å². The third kappa shape index (κ3) is 6.62. The smallest absolute Gasteiger partial charge is 0.0836 e. The Morgan fingerprint density at radius 3 is 2.33 bits per heavy atom. The third-order valence-electron chi connectivity index (χ3n) is 1.81. The molecule has 0 aliphatic rings. The van der Waals surface area contributed by atoms with Gasteiger partial charge < -0.3 is 9.47 Å². The van der Waals surface area contributed by atoms with Crippen LogP contribution in [0.4, 0.5) is 0 Å². The summed E-state index contributed by atoms with van der Waals surface area (Å²) >= 11 is 0. The maximum atomic E-state index is 5.19. The van der Waals surface area contributed by atoms with E-state index < -0.39 is 0 Å². The van der Waals surface area contributed by atoms with E-state index in [1.54, 1.807) is 14.2 Å². The van der Waals surface area contributed by atoms with Crippen LogP contribution in [0.25, 0.3) is 0 Å². The fourth-order valence-electron chi connectivity index (χ4n) is 1.01. The first-order chi connectivity index (χ1) is 5.70. The van der Waals surface area contributed by atoms with Crippen LogP contribution in [-0.4, -0.2) is 26.9 Å². The van der Waals surface area contributed by atoms with Crippen LogP contribution in [0.3, 0.4) is 0 Å². The summed E-state index contributed by atoms with van der Waals surface area (Å²) in [6.07, 6.45) is 4.68. The van der Waals surface area contributed by atoms with Crippen LogP contribution in [0.2, 0.25) is 0 Å². The lowest BCUT2D eigenvalue weighted by Crippen LogP contribution is -2.17. The first-order valence-electron chi connectivity index (χ1n) is 4.55. The van der Waals surface area contributed by atoms with E-state index in [9.17, 15) is 0 Å². The lowest BCUT2D eigenvalue weighted by molar-refractivity contribution is 0.0456. The van der Waals surface area contributed by atoms with Crippen molar-refractivity contribution in [3.63, 3.8) is 0 Å². The molecule has 1 radical (unpaired) electrons. The molecular formula is C10H21O2. The molecule has 0 aromatic carbocycles. The predicted octanol–water partition coefficient (Wildman–Crippen LogP) is 2.29. The monoisotopic (exact) mass is 173 g/mol. The van der Waals surface area contributed by atoms with Crippen molar-refractivity contribution in [2.45, 2.75) is 32.8 Å². The highest BCUT2D eigenvalue weighted by Crippen LogP contribution is 2.09. The lowest BCUT2D eigenvalue weighted by Gasteiger charge is -2.13. The van der Waals surface area contributed by atoms with E-state index in [0.29, 0.717) is 6.61 Å². The van der Waals surface area contributed by atoms with Gasteiger partial charge in [0.15, 0.2) is 0 Å². The van der Waals surface area contributed by atoms with Gasteiger partial charge in [-0.1, -0.05) is 20.3 Å². The van der Waals surface area contributed by atoms with Gasteiger partial charge in [0.05, 0.1) is 12.7 Å². The molecule has 1 atom stereocenters. The summed E-state index contributed by atoms with van der Waals surface area (Å²) < 4.78 is 10.2. The zero-order chi connectivity index (χ0) is 9.40. The topological polar surface area (TPSA) is 18.5 Å². The minimum Gasteiger partial charge on any atom is -0.382 e. The van der Waals surface area contributed by atoms with Gasteiger partial charge >= 0.3 is 0 Å². The molecule has 0 amide bonds. The zero-order valence-corrected chi connectivity index (χ0v) is 8.67. The van der Waals surface area contributed by atoms with E-state index in [1.165, 1.54) is 6.42 Å². The van der Waals surface area contributed by atoms with Crippen molar-refractivity contribution < 1.29 is 9.47 Å². The van der Waals surface area contributed by atoms with Crippen LogP contribution < -0.4 is 0 Å². The minimum atomic E-state index is 0.161. The van der Waals surface area contributed by atoms with E-state index in [2.05, 4.69) is 20.3 Å². The summed E-state index contributed by atoms with van der Waals surface area (Å²) in [7, 11) is 3.41. The summed E-state index contributed by atoms with van der Waals surface area (Å²) in [5, 5.41) is 0. The van der Waals surface area contributed by atoms with Crippen LogP contribution in [0.5, 0.6) is 0 Å². The molecule has 12 heavy (non-hydrogen) atoms. The maximum Gasteiger partial charge on any atom is 0.0836 e. The Hall–Kier alpha value is -0.0800. The predicted molar refractivity (Wildman–Crippen MR) is 51.0 cm³/mol. The van der Waals surface area contributed by atoms with Crippen molar-refractivity contribution in [3.8, 4) is 0 Å². The fourth-order valence-corrected chi connectivity index (χ4v) is 1.01. The second-order valence-electron chi connectivity index (χ2n) is 3.44. The Balaban J connectivity index is 3.31. The van der Waals surface area contributed by atoms with E-state index in [0.717, 1.165) is 12.3 Å². The second-order valence-corrected chi connectivity index (χ2v) is 3.44. The molecule has 0 aromatic rings. The van der Waals surface area contributed by atoms with Gasteiger partial charge in [0.1, 0.15) is 0 Å². The first-order valence-corrected chi connectivity index (χ1v) is 4.55. The highest BCUT2D eigenvalue weighted by atomic mass is 16.5. The largest absolute Gasteiger partial charge is 0.382 e. The quantitative estimate of drug-likeness (QED) is 0.588. The standard InChI is InChI=1S/C10H21O2/c1-9(2)6-5-7-10(12-4)8-11-3/h7,9-10H,5-6,8H2,1-4H3. The molecule has 0 spiro atoms. The normalized spacial score (nSPS) is 13.8. The minimum absolute atomic E-state index is 0.161. The molecule has 0 aromatic heterocycles. The molecule has 0 fully saturated rings. The maximum absolute atomic E-state index is 5.19. The van der Waals surface area contributed by atoms with Gasteiger partial charge in [0.25, 0.3) is 0 Å². The number of ether oxygens (including phenoxy) is 2. The Morgan fingerprint density at radius 1 is 1.25 bits per heavy atom. The summed E-state index contributed by atoms with van der Waals surface area (Å²) in [5.74, 6) is 0.765. The van der Waals surface area contributed by atoms with Crippen LogP contribution in [0, 0.1) is 12.3 Å². The summed E-state index contributed by atoms with van der Waals surface area (Å²) in [5.41, 5.74) is 0. The van der Waals surface area contributed by atoms with Crippen LogP contribution in [-0.2, 0) is 9.47 Å². The molecule has 73 valence electrons. The summed E-state index contributed by atoms with van der Waals surface area (Å²) in [6.45, 7) is 5.12. The lowest BCUT2D eigenvalue weighted by atomic mass is 10.0. The number of hydrogen-bond donors (Lipinski definition) is 0. The van der Waals surface area contributed by atoms with E-state index in [-0.39, 0.29) is 6.10 Å². The van der Waals surface area contributed by atoms with Gasteiger partial charge in [0, 0.05) is 14.2 Å². The van der Waals surface area contributed by atoms with Gasteiger partial charge in [-0.25, -0.2) is 0 Å². The van der Waals surface area contributed by atoms with Crippen molar-refractivity contribution in [3.05, 3.63) is 6.42 Å². The first kappa shape index (κ1) is 11.9. The Bertz CT molecular complexity index is 91.8. The summed E-state index contributed by atoms with van der Waals surface area (Å²) in [4.78, 5) is 0. The molecule has 0 rings (SSSR count). The average molecular weight is 173 g/mol. The fraction of sp³-hybridized carbons (Fsp3) is 0.900. The van der Waals surface area contributed by atoms with E-state index in [1.807, 2.05) is 0 Å². The molecule has 2 nitrogen and oxygen atoms in total. The average Bonchev–Trinajstić information content (AvgIpc) is 2.02. The number of hydrogen-bond acceptors (Lipinski definition) is 2. The highest BCUT2D eigenvalue weighted by Gasteiger charge is 2.06.